The van der Waals surface area contributed by atoms with E-state index >= 15 is 0 Å². The van der Waals surface area contributed by atoms with E-state index in [1.807, 2.05) is 37.5 Å². The van der Waals surface area contributed by atoms with Gasteiger partial charge in [-0.25, -0.2) is 9.97 Å². The van der Waals surface area contributed by atoms with Crippen LogP contribution >= 0.6 is 0 Å². The van der Waals surface area contributed by atoms with E-state index in [9.17, 15) is 5.11 Å². The van der Waals surface area contributed by atoms with Gasteiger partial charge in [-0.3, -0.25) is 4.98 Å². The molecule has 7 heteroatoms. The van der Waals surface area contributed by atoms with Crippen molar-refractivity contribution in [2.24, 2.45) is 5.92 Å². The smallest absolute Gasteiger partial charge is 0.227 e. The van der Waals surface area contributed by atoms with E-state index < -0.39 is 0 Å². The molecule has 2 aromatic heterocycles. The molecule has 1 aromatic carbocycles. The number of rotatable bonds is 13. The Hall–Kier alpha value is -3.03. The molecular formula is C26H35N5O2. The van der Waals surface area contributed by atoms with Gasteiger partial charge in [0.15, 0.2) is 0 Å². The highest BCUT2D eigenvalue weighted by atomic mass is 16.5. The number of methoxy groups -OCH3 is 1. The van der Waals surface area contributed by atoms with Gasteiger partial charge in [0.05, 0.1) is 19.4 Å². The molecule has 0 saturated carbocycles. The molecule has 0 amide bonds. The van der Waals surface area contributed by atoms with Gasteiger partial charge in [-0.15, -0.1) is 0 Å². The molecule has 0 spiro atoms. The molecule has 7 nitrogen and oxygen atoms in total. The van der Waals surface area contributed by atoms with Gasteiger partial charge in [-0.2, -0.15) is 0 Å². The predicted octanol–water partition coefficient (Wildman–Crippen LogP) is 4.74. The summed E-state index contributed by atoms with van der Waals surface area (Å²) in [7, 11) is 3.59. The number of pyridine rings is 1. The summed E-state index contributed by atoms with van der Waals surface area (Å²) in [5, 5.41) is 15.9. The standard InChI is InChI=1S/C26H35N5O2/c1-19(7-5-4-6-13-27-2)15-22-9-8-20(17-29-22)24-12-14-28-26(31-24)30-23-10-11-25(33-3)21(16-23)18-32/h8-12,14,16-17,19,27,32H,4-7,13,15,18H2,1-3H3,(H,28,30,31). The molecule has 0 fully saturated rings. The number of aliphatic hydroxyl groups is 1. The Balaban J connectivity index is 1.60. The molecule has 33 heavy (non-hydrogen) atoms. The second kappa shape index (κ2) is 12.9. The molecular weight excluding hydrogens is 414 g/mol. The Morgan fingerprint density at radius 2 is 1.94 bits per heavy atom. The highest BCUT2D eigenvalue weighted by Crippen LogP contribution is 2.25. The molecule has 3 aromatic rings. The van der Waals surface area contributed by atoms with Crippen LogP contribution in [0.5, 0.6) is 5.75 Å². The maximum Gasteiger partial charge on any atom is 0.227 e. The summed E-state index contributed by atoms with van der Waals surface area (Å²) in [6.07, 6.45) is 9.63. The Morgan fingerprint density at radius 1 is 1.06 bits per heavy atom. The van der Waals surface area contributed by atoms with Gasteiger partial charge in [-0.05, 0) is 68.8 Å². The minimum atomic E-state index is -0.105. The Kier molecular flexibility index (Phi) is 9.59. The average molecular weight is 450 g/mol. The minimum Gasteiger partial charge on any atom is -0.496 e. The lowest BCUT2D eigenvalue weighted by Crippen LogP contribution is -2.07. The predicted molar refractivity (Wildman–Crippen MR) is 133 cm³/mol. The zero-order valence-corrected chi connectivity index (χ0v) is 19.8. The first-order valence-corrected chi connectivity index (χ1v) is 11.6. The Labute approximate surface area is 196 Å². The minimum absolute atomic E-state index is 0.105. The molecule has 1 atom stereocenters. The quantitative estimate of drug-likeness (QED) is 0.325. The van der Waals surface area contributed by atoms with Crippen molar-refractivity contribution in [3.63, 3.8) is 0 Å². The van der Waals surface area contributed by atoms with E-state index in [0.717, 1.165) is 35.6 Å². The highest BCUT2D eigenvalue weighted by Gasteiger charge is 2.09. The molecule has 0 aliphatic heterocycles. The lowest BCUT2D eigenvalue weighted by atomic mass is 9.97. The number of aromatic nitrogens is 3. The van der Waals surface area contributed by atoms with Crippen molar-refractivity contribution < 1.29 is 9.84 Å². The molecule has 0 aliphatic carbocycles. The van der Waals surface area contributed by atoms with Crippen LogP contribution in [0, 0.1) is 5.92 Å². The molecule has 0 bridgehead atoms. The molecule has 176 valence electrons. The fraction of sp³-hybridized carbons (Fsp3) is 0.423. The Morgan fingerprint density at radius 3 is 2.67 bits per heavy atom. The summed E-state index contributed by atoms with van der Waals surface area (Å²) in [4.78, 5) is 13.6. The lowest BCUT2D eigenvalue weighted by Gasteiger charge is -2.12. The van der Waals surface area contributed by atoms with Crippen LogP contribution in [-0.4, -0.2) is 40.8 Å². The van der Waals surface area contributed by atoms with Crippen LogP contribution in [0.4, 0.5) is 11.6 Å². The first-order valence-electron chi connectivity index (χ1n) is 11.6. The molecule has 3 rings (SSSR count). The number of unbranched alkanes of at least 4 members (excludes halogenated alkanes) is 2. The largest absolute Gasteiger partial charge is 0.496 e. The number of nitrogens with zero attached hydrogens (tertiary/aromatic N) is 3. The van der Waals surface area contributed by atoms with Crippen LogP contribution in [-0.2, 0) is 13.0 Å². The van der Waals surface area contributed by atoms with Crippen molar-refractivity contribution in [3.8, 4) is 17.0 Å². The third-order valence-electron chi connectivity index (χ3n) is 5.66. The number of ether oxygens (including phenoxy) is 1. The summed E-state index contributed by atoms with van der Waals surface area (Å²) in [6.45, 7) is 3.30. The Bertz CT molecular complexity index is 994. The summed E-state index contributed by atoms with van der Waals surface area (Å²) in [5.74, 6) is 1.76. The van der Waals surface area contributed by atoms with Crippen molar-refractivity contribution in [3.05, 3.63) is 60.0 Å². The third kappa shape index (κ3) is 7.51. The summed E-state index contributed by atoms with van der Waals surface area (Å²) in [5.41, 5.74) is 4.36. The van der Waals surface area contributed by atoms with Crippen molar-refractivity contribution in [1.29, 1.82) is 0 Å². The van der Waals surface area contributed by atoms with Crippen molar-refractivity contribution in [2.45, 2.75) is 45.6 Å². The van der Waals surface area contributed by atoms with Crippen molar-refractivity contribution >= 4 is 11.6 Å². The summed E-state index contributed by atoms with van der Waals surface area (Å²) < 4.78 is 5.26. The summed E-state index contributed by atoms with van der Waals surface area (Å²) >= 11 is 0. The molecule has 0 aliphatic rings. The fourth-order valence-corrected chi connectivity index (χ4v) is 3.82. The van der Waals surface area contributed by atoms with Crippen LogP contribution in [0.25, 0.3) is 11.3 Å². The van der Waals surface area contributed by atoms with Crippen LogP contribution < -0.4 is 15.4 Å². The van der Waals surface area contributed by atoms with Gasteiger partial charge in [-0.1, -0.05) is 26.2 Å². The van der Waals surface area contributed by atoms with Gasteiger partial charge in [0.2, 0.25) is 5.95 Å². The first kappa shape index (κ1) is 24.6. The van der Waals surface area contributed by atoms with Gasteiger partial charge in [0, 0.05) is 34.9 Å². The van der Waals surface area contributed by atoms with Gasteiger partial charge in [0.25, 0.3) is 0 Å². The number of hydrogen-bond acceptors (Lipinski definition) is 7. The molecule has 0 radical (unpaired) electrons. The monoisotopic (exact) mass is 449 g/mol. The van der Waals surface area contributed by atoms with Crippen LogP contribution in [0.3, 0.4) is 0 Å². The topological polar surface area (TPSA) is 92.2 Å². The fourth-order valence-electron chi connectivity index (χ4n) is 3.82. The molecule has 1 unspecified atom stereocenters. The second-order valence-corrected chi connectivity index (χ2v) is 8.38. The van der Waals surface area contributed by atoms with E-state index in [1.165, 1.54) is 25.7 Å². The normalized spacial score (nSPS) is 11.9. The van der Waals surface area contributed by atoms with Gasteiger partial charge < -0.3 is 20.5 Å². The maximum absolute atomic E-state index is 9.54. The maximum atomic E-state index is 9.54. The first-order chi connectivity index (χ1) is 16.1. The molecule has 2 heterocycles. The van der Waals surface area contributed by atoms with Crippen molar-refractivity contribution in [1.82, 2.24) is 20.3 Å². The SMILES string of the molecule is CNCCCCCC(C)Cc1ccc(-c2ccnc(Nc3ccc(OC)c(CO)c3)n2)cn1. The van der Waals surface area contributed by atoms with E-state index in [4.69, 9.17) is 4.74 Å². The zero-order chi connectivity index (χ0) is 23.5. The van der Waals surface area contributed by atoms with Crippen LogP contribution in [0.1, 0.15) is 43.9 Å². The number of benzene rings is 1. The van der Waals surface area contributed by atoms with E-state index in [1.54, 1.807) is 13.3 Å². The van der Waals surface area contributed by atoms with E-state index in [2.05, 4.69) is 44.6 Å². The number of anilines is 2. The van der Waals surface area contributed by atoms with E-state index in [-0.39, 0.29) is 6.61 Å². The molecule has 3 N–H and O–H groups in total. The lowest BCUT2D eigenvalue weighted by molar-refractivity contribution is 0.274. The molecule has 0 saturated heterocycles. The van der Waals surface area contributed by atoms with E-state index in [0.29, 0.717) is 23.2 Å². The van der Waals surface area contributed by atoms with Crippen molar-refractivity contribution in [2.75, 3.05) is 26.0 Å². The van der Waals surface area contributed by atoms with Crippen LogP contribution in [0.2, 0.25) is 0 Å². The van der Waals surface area contributed by atoms with Crippen LogP contribution in [0.15, 0.2) is 48.8 Å². The van der Waals surface area contributed by atoms with Gasteiger partial charge in [0.1, 0.15) is 5.75 Å². The zero-order valence-electron chi connectivity index (χ0n) is 19.8. The average Bonchev–Trinajstić information content (AvgIpc) is 2.84. The number of hydrogen-bond donors (Lipinski definition) is 3. The summed E-state index contributed by atoms with van der Waals surface area (Å²) in [6, 6.07) is 11.6. The number of nitrogens with one attached hydrogen (secondary N) is 2. The number of aliphatic hydroxyl groups excluding tert-OH is 1. The van der Waals surface area contributed by atoms with Gasteiger partial charge >= 0.3 is 0 Å². The third-order valence-corrected chi connectivity index (χ3v) is 5.66. The second-order valence-electron chi connectivity index (χ2n) is 8.38. The highest BCUT2D eigenvalue weighted by molar-refractivity contribution is 5.62.